The number of thiophene rings is 1. The molecule has 1 aromatic heterocycles. The third kappa shape index (κ3) is 2.47. The zero-order valence-electron chi connectivity index (χ0n) is 10.4. The molecule has 2 unspecified atom stereocenters. The number of hydrogen-bond acceptors (Lipinski definition) is 3. The van der Waals surface area contributed by atoms with Gasteiger partial charge in [0, 0.05) is 22.8 Å². The van der Waals surface area contributed by atoms with Crippen LogP contribution in [0.4, 0.5) is 0 Å². The van der Waals surface area contributed by atoms with Crippen LogP contribution < -0.4 is 5.32 Å². The third-order valence-electron chi connectivity index (χ3n) is 3.35. The van der Waals surface area contributed by atoms with Crippen LogP contribution in [0.25, 0.3) is 0 Å². The van der Waals surface area contributed by atoms with Crippen LogP contribution in [0.2, 0.25) is 0 Å². The highest BCUT2D eigenvalue weighted by Crippen LogP contribution is 2.33. The van der Waals surface area contributed by atoms with Gasteiger partial charge in [0.05, 0.1) is 5.60 Å². The highest BCUT2D eigenvalue weighted by molar-refractivity contribution is 7.12. The maximum absolute atomic E-state index is 6.21. The Balaban J connectivity index is 2.09. The van der Waals surface area contributed by atoms with Gasteiger partial charge in [-0.2, -0.15) is 0 Å². The lowest BCUT2D eigenvalue weighted by Gasteiger charge is -2.38. The predicted octanol–water partition coefficient (Wildman–Crippen LogP) is 3.14. The minimum absolute atomic E-state index is 0.000710. The van der Waals surface area contributed by atoms with Crippen molar-refractivity contribution >= 4 is 11.3 Å². The van der Waals surface area contributed by atoms with Crippen LogP contribution in [0.3, 0.4) is 0 Å². The van der Waals surface area contributed by atoms with Gasteiger partial charge in [0.2, 0.25) is 0 Å². The van der Waals surface area contributed by atoms with E-state index in [-0.39, 0.29) is 11.7 Å². The van der Waals surface area contributed by atoms with Crippen molar-refractivity contribution in [1.82, 2.24) is 5.32 Å². The molecule has 2 rings (SSSR count). The van der Waals surface area contributed by atoms with E-state index in [2.05, 4.69) is 38.2 Å². The summed E-state index contributed by atoms with van der Waals surface area (Å²) >= 11 is 1.89. The van der Waals surface area contributed by atoms with Gasteiger partial charge in [-0.3, -0.25) is 0 Å². The predicted molar refractivity (Wildman–Crippen MR) is 69.1 cm³/mol. The molecular weight excluding hydrogens is 218 g/mol. The van der Waals surface area contributed by atoms with Crippen molar-refractivity contribution in [3.05, 3.63) is 21.9 Å². The fourth-order valence-corrected chi connectivity index (χ4v) is 3.00. The smallest absolute Gasteiger partial charge is 0.105 e. The molecule has 0 aromatic carbocycles. The Labute approximate surface area is 102 Å². The number of morpholine rings is 1. The molecule has 16 heavy (non-hydrogen) atoms. The molecule has 1 aliphatic rings. The molecule has 1 saturated heterocycles. The second kappa shape index (κ2) is 4.86. The normalized spacial score (nSPS) is 30.6. The van der Waals surface area contributed by atoms with Crippen molar-refractivity contribution in [2.45, 2.75) is 45.3 Å². The van der Waals surface area contributed by atoms with E-state index in [1.54, 1.807) is 0 Å². The van der Waals surface area contributed by atoms with Gasteiger partial charge in [0.15, 0.2) is 0 Å². The third-order valence-corrected chi connectivity index (χ3v) is 4.67. The van der Waals surface area contributed by atoms with E-state index < -0.39 is 0 Å². The van der Waals surface area contributed by atoms with Gasteiger partial charge < -0.3 is 10.1 Å². The summed E-state index contributed by atoms with van der Waals surface area (Å²) in [5.41, 5.74) is -0.000710. The fraction of sp³-hybridized carbons (Fsp3) is 0.692. The van der Waals surface area contributed by atoms with E-state index in [0.29, 0.717) is 0 Å². The van der Waals surface area contributed by atoms with E-state index in [0.717, 1.165) is 25.9 Å². The molecule has 2 nitrogen and oxygen atoms in total. The Hall–Kier alpha value is -0.380. The Kier molecular flexibility index (Phi) is 3.67. The second-order valence-corrected chi connectivity index (χ2v) is 5.90. The van der Waals surface area contributed by atoms with Crippen LogP contribution in [-0.4, -0.2) is 18.7 Å². The number of hydrogen-bond donors (Lipinski definition) is 1. The SMILES string of the molecule is CCc1ccc(C2CNCC(C)(CC)O2)s1. The summed E-state index contributed by atoms with van der Waals surface area (Å²) in [7, 11) is 0. The summed E-state index contributed by atoms with van der Waals surface area (Å²) in [4.78, 5) is 2.81. The van der Waals surface area contributed by atoms with Crippen LogP contribution >= 0.6 is 11.3 Å². The Morgan fingerprint density at radius 1 is 1.50 bits per heavy atom. The van der Waals surface area contributed by atoms with Crippen LogP contribution in [0.5, 0.6) is 0 Å². The average molecular weight is 239 g/mol. The Morgan fingerprint density at radius 3 is 2.94 bits per heavy atom. The molecule has 3 heteroatoms. The molecule has 1 N–H and O–H groups in total. The molecule has 1 aliphatic heterocycles. The van der Waals surface area contributed by atoms with Gasteiger partial charge in [-0.05, 0) is 31.9 Å². The van der Waals surface area contributed by atoms with Crippen molar-refractivity contribution in [3.8, 4) is 0 Å². The largest absolute Gasteiger partial charge is 0.364 e. The monoisotopic (exact) mass is 239 g/mol. The van der Waals surface area contributed by atoms with E-state index in [1.807, 2.05) is 11.3 Å². The van der Waals surface area contributed by atoms with Crippen molar-refractivity contribution in [2.75, 3.05) is 13.1 Å². The van der Waals surface area contributed by atoms with Gasteiger partial charge in [0.25, 0.3) is 0 Å². The van der Waals surface area contributed by atoms with Crippen LogP contribution in [0, 0.1) is 0 Å². The van der Waals surface area contributed by atoms with Crippen LogP contribution in [0.1, 0.15) is 43.1 Å². The molecule has 0 amide bonds. The molecule has 1 fully saturated rings. The lowest BCUT2D eigenvalue weighted by atomic mass is 10.0. The first kappa shape index (κ1) is 12.1. The molecule has 0 saturated carbocycles. The van der Waals surface area contributed by atoms with Crippen LogP contribution in [0.15, 0.2) is 12.1 Å². The molecule has 2 heterocycles. The Bertz CT molecular complexity index is 349. The first-order valence-corrected chi connectivity index (χ1v) is 6.95. The van der Waals surface area contributed by atoms with E-state index >= 15 is 0 Å². The summed E-state index contributed by atoms with van der Waals surface area (Å²) < 4.78 is 6.21. The summed E-state index contributed by atoms with van der Waals surface area (Å²) in [6.07, 6.45) is 2.42. The second-order valence-electron chi connectivity index (χ2n) is 4.70. The number of aryl methyl sites for hydroxylation is 1. The maximum Gasteiger partial charge on any atom is 0.105 e. The Morgan fingerprint density at radius 2 is 2.31 bits per heavy atom. The molecular formula is C13H21NOS. The molecule has 90 valence electrons. The van der Waals surface area contributed by atoms with Gasteiger partial charge in [0.1, 0.15) is 6.10 Å². The highest BCUT2D eigenvalue weighted by atomic mass is 32.1. The van der Waals surface area contributed by atoms with Gasteiger partial charge in [-0.15, -0.1) is 11.3 Å². The molecule has 1 aromatic rings. The maximum atomic E-state index is 6.21. The zero-order chi connectivity index (χ0) is 11.6. The van der Waals surface area contributed by atoms with Crippen molar-refractivity contribution in [3.63, 3.8) is 0 Å². The first-order valence-electron chi connectivity index (χ1n) is 6.14. The fourth-order valence-electron chi connectivity index (χ4n) is 2.02. The lowest BCUT2D eigenvalue weighted by Crippen LogP contribution is -2.48. The standard InChI is InChI=1S/C13H21NOS/c1-4-10-6-7-12(16-10)11-8-14-9-13(3,5-2)15-11/h6-7,11,14H,4-5,8-9H2,1-3H3. The molecule has 0 spiro atoms. The number of ether oxygens (including phenoxy) is 1. The molecule has 0 bridgehead atoms. The van der Waals surface area contributed by atoms with Crippen molar-refractivity contribution in [1.29, 1.82) is 0 Å². The van der Waals surface area contributed by atoms with Gasteiger partial charge >= 0.3 is 0 Å². The average Bonchev–Trinajstić information content (AvgIpc) is 2.78. The summed E-state index contributed by atoms with van der Waals surface area (Å²) in [5, 5.41) is 3.48. The van der Waals surface area contributed by atoms with E-state index in [1.165, 1.54) is 9.75 Å². The molecule has 0 aliphatic carbocycles. The molecule has 2 atom stereocenters. The van der Waals surface area contributed by atoms with Gasteiger partial charge in [-0.25, -0.2) is 0 Å². The number of nitrogens with one attached hydrogen (secondary N) is 1. The first-order chi connectivity index (χ1) is 7.67. The summed E-state index contributed by atoms with van der Waals surface area (Å²) in [6.45, 7) is 8.49. The topological polar surface area (TPSA) is 21.3 Å². The van der Waals surface area contributed by atoms with Gasteiger partial charge in [-0.1, -0.05) is 13.8 Å². The minimum Gasteiger partial charge on any atom is -0.364 e. The van der Waals surface area contributed by atoms with E-state index in [9.17, 15) is 0 Å². The van der Waals surface area contributed by atoms with Crippen molar-refractivity contribution < 1.29 is 4.74 Å². The summed E-state index contributed by atoms with van der Waals surface area (Å²) in [5.74, 6) is 0. The minimum atomic E-state index is -0.000710. The zero-order valence-corrected chi connectivity index (χ0v) is 11.2. The summed E-state index contributed by atoms with van der Waals surface area (Å²) in [6, 6.07) is 4.44. The quantitative estimate of drug-likeness (QED) is 0.875. The molecule has 0 radical (unpaired) electrons. The van der Waals surface area contributed by atoms with Crippen molar-refractivity contribution in [2.24, 2.45) is 0 Å². The lowest BCUT2D eigenvalue weighted by molar-refractivity contribution is -0.108. The highest BCUT2D eigenvalue weighted by Gasteiger charge is 2.32. The van der Waals surface area contributed by atoms with Crippen LogP contribution in [-0.2, 0) is 11.2 Å². The number of rotatable bonds is 3. The van der Waals surface area contributed by atoms with E-state index in [4.69, 9.17) is 4.74 Å².